The summed E-state index contributed by atoms with van der Waals surface area (Å²) in [6.07, 6.45) is -2.94. The third-order valence-corrected chi connectivity index (χ3v) is 8.61. The molecule has 0 spiro atoms. The number of aliphatic hydroxyl groups excluding tert-OH is 2. The summed E-state index contributed by atoms with van der Waals surface area (Å²) in [5.74, 6) is -2.58. The summed E-state index contributed by atoms with van der Waals surface area (Å²) in [5.41, 5.74) is -0.466. The first-order valence-electron chi connectivity index (χ1n) is 15.8. The number of carbonyl (C=O) groups excluding carboxylic acids is 1. The quantitative estimate of drug-likeness (QED) is 0.136. The summed E-state index contributed by atoms with van der Waals surface area (Å²) in [6, 6.07) is 10.4. The summed E-state index contributed by atoms with van der Waals surface area (Å²) < 4.78 is 23.1. The van der Waals surface area contributed by atoms with Crippen molar-refractivity contribution in [1.82, 2.24) is 5.06 Å². The smallest absolute Gasteiger partial charge is 0.317 e. The van der Waals surface area contributed by atoms with Gasteiger partial charge in [-0.25, -0.2) is 0 Å². The number of phenols is 1. The Bertz CT molecular complexity index is 1920. The number of fused-ring (bicyclic) bond motifs is 2. The van der Waals surface area contributed by atoms with Crippen LogP contribution in [0.3, 0.4) is 0 Å². The van der Waals surface area contributed by atoms with Crippen LogP contribution >= 0.6 is 0 Å². The van der Waals surface area contributed by atoms with Gasteiger partial charge in [0, 0.05) is 17.9 Å². The number of hydrogen-bond donors (Lipinski definition) is 5. The number of aliphatic imine (C=N–C) groups is 1. The molecule has 3 aliphatic heterocycles. The Labute approximate surface area is 284 Å². The van der Waals surface area contributed by atoms with Crippen molar-refractivity contribution >= 4 is 29.1 Å². The van der Waals surface area contributed by atoms with E-state index in [0.29, 0.717) is 11.3 Å². The van der Waals surface area contributed by atoms with Crippen molar-refractivity contribution in [3.8, 4) is 22.6 Å². The van der Waals surface area contributed by atoms with Gasteiger partial charge in [0.15, 0.2) is 17.1 Å². The molecule has 0 amide bonds. The van der Waals surface area contributed by atoms with E-state index in [2.05, 4.69) is 4.99 Å². The predicted molar refractivity (Wildman–Crippen MR) is 175 cm³/mol. The number of aromatic hydroxyl groups is 1. The van der Waals surface area contributed by atoms with E-state index in [0.717, 1.165) is 5.57 Å². The fourth-order valence-electron chi connectivity index (χ4n) is 6.07. The van der Waals surface area contributed by atoms with Gasteiger partial charge < -0.3 is 44.2 Å². The molecule has 1 aromatic heterocycles. The van der Waals surface area contributed by atoms with Crippen LogP contribution in [0.1, 0.15) is 26.7 Å². The first-order valence-corrected chi connectivity index (χ1v) is 15.8. The van der Waals surface area contributed by atoms with Gasteiger partial charge in [0.25, 0.3) is 0 Å². The molecule has 3 aromatic rings. The number of rotatable bonds is 12. The molecule has 5 N–H and O–H groups in total. The molecule has 6 rings (SSSR count). The molecule has 50 heavy (non-hydrogen) atoms. The summed E-state index contributed by atoms with van der Waals surface area (Å²) in [6.45, 7) is 3.13. The average molecular weight is 693 g/mol. The lowest BCUT2D eigenvalue weighted by Gasteiger charge is -2.51. The molecule has 1 fully saturated rings. The van der Waals surface area contributed by atoms with Crippen LogP contribution in [0.5, 0.6) is 11.5 Å². The molecule has 6 unspecified atom stereocenters. The number of allylic oxidation sites excluding steroid dienone is 1. The highest BCUT2D eigenvalue weighted by Gasteiger charge is 2.62. The highest BCUT2D eigenvalue weighted by molar-refractivity contribution is 5.90. The molecular formula is C35H36N2O13. The van der Waals surface area contributed by atoms with Crippen LogP contribution in [-0.4, -0.2) is 98.2 Å². The van der Waals surface area contributed by atoms with Gasteiger partial charge in [-0.3, -0.25) is 29.3 Å². The van der Waals surface area contributed by atoms with E-state index in [-0.39, 0.29) is 52.3 Å². The lowest BCUT2D eigenvalue weighted by molar-refractivity contribution is -0.372. The number of hydrogen-bond acceptors (Lipinski definition) is 14. The summed E-state index contributed by atoms with van der Waals surface area (Å²) in [4.78, 5) is 47.0. The van der Waals surface area contributed by atoms with Gasteiger partial charge in [0.2, 0.25) is 6.29 Å². The van der Waals surface area contributed by atoms with Gasteiger partial charge in [0.05, 0.1) is 35.5 Å². The van der Waals surface area contributed by atoms with Crippen molar-refractivity contribution in [3.63, 3.8) is 0 Å². The Morgan fingerprint density at radius 2 is 1.92 bits per heavy atom. The largest absolute Gasteiger partial charge is 0.508 e. The van der Waals surface area contributed by atoms with Crippen molar-refractivity contribution in [2.24, 2.45) is 10.9 Å². The number of aliphatic carboxylic acids is 1. The monoisotopic (exact) mass is 692 g/mol. The van der Waals surface area contributed by atoms with Gasteiger partial charge in [-0.1, -0.05) is 26.0 Å². The number of ether oxygens (including phenoxy) is 3. The molecule has 15 nitrogen and oxygen atoms in total. The number of carbonyl (C=O) groups is 2. The van der Waals surface area contributed by atoms with Crippen LogP contribution in [0.2, 0.25) is 0 Å². The van der Waals surface area contributed by atoms with Crippen molar-refractivity contribution in [2.75, 3.05) is 13.2 Å². The van der Waals surface area contributed by atoms with E-state index in [9.17, 15) is 34.8 Å². The highest BCUT2D eigenvalue weighted by atomic mass is 16.8. The molecule has 0 radical (unpaired) electrons. The topological polar surface area (TPSA) is 218 Å². The van der Waals surface area contributed by atoms with Crippen LogP contribution in [0.25, 0.3) is 22.1 Å². The van der Waals surface area contributed by atoms with Gasteiger partial charge in [-0.15, -0.1) is 0 Å². The van der Waals surface area contributed by atoms with Crippen molar-refractivity contribution in [2.45, 2.75) is 63.0 Å². The molecule has 3 aliphatic rings. The Balaban J connectivity index is 1.35. The molecule has 15 heteroatoms. The molecule has 0 bridgehead atoms. The maximum atomic E-state index is 13.4. The van der Waals surface area contributed by atoms with Crippen molar-refractivity contribution < 1.29 is 58.6 Å². The molecule has 6 atom stereocenters. The fourth-order valence-corrected chi connectivity index (χ4v) is 6.07. The number of carboxylic acids is 1. The minimum Gasteiger partial charge on any atom is -0.508 e. The Morgan fingerprint density at radius 1 is 1.16 bits per heavy atom. The van der Waals surface area contributed by atoms with E-state index in [4.69, 9.17) is 28.6 Å². The SMILES string of the molecule is CC(C)CC(O)C1(O)C(O)C(COC(=O)CC(=O)O)OC(Oc2ccc3c(=O)c(-c4ccc(O)cc4)coc3c2)C1ON1C=C2N=CC=C2C1. The first-order chi connectivity index (χ1) is 23.8. The normalized spacial score (nSPS) is 25.0. The summed E-state index contributed by atoms with van der Waals surface area (Å²) >= 11 is 0. The Morgan fingerprint density at radius 3 is 2.62 bits per heavy atom. The fraction of sp³-hybridized carbons (Fsp3) is 0.371. The van der Waals surface area contributed by atoms with E-state index in [1.54, 1.807) is 44.5 Å². The van der Waals surface area contributed by atoms with Gasteiger partial charge in [-0.2, -0.15) is 0 Å². The third-order valence-electron chi connectivity index (χ3n) is 8.61. The van der Waals surface area contributed by atoms with E-state index in [1.807, 2.05) is 0 Å². The summed E-state index contributed by atoms with van der Waals surface area (Å²) in [5, 5.41) is 55.5. The molecular weight excluding hydrogens is 656 g/mol. The molecule has 2 aromatic carbocycles. The molecule has 4 heterocycles. The standard InChI is InChI=1S/C35H36N2O13/c1-18(2)11-28(39)35(45)32(44)27(17-47-30(42)13-29(40)41)49-34(33(35)50-37-14-20-9-10-36-25(20)15-37)48-22-7-8-23-26(12-22)46-16-24(31(23)43)19-3-5-21(38)6-4-19/h3-10,12,15-16,18,27-28,32-34,38-39,44-45H,11,13-14,17H2,1-2H3,(H,40,41). The predicted octanol–water partition coefficient (Wildman–Crippen LogP) is 2.25. The maximum Gasteiger partial charge on any atom is 0.317 e. The maximum absolute atomic E-state index is 13.4. The average Bonchev–Trinajstić information content (AvgIpc) is 3.66. The lowest BCUT2D eigenvalue weighted by Crippen LogP contribution is -2.73. The number of hydroxylamine groups is 2. The zero-order chi connectivity index (χ0) is 35.7. The number of nitrogens with zero attached hydrogens (tertiary/aromatic N) is 2. The summed E-state index contributed by atoms with van der Waals surface area (Å²) in [7, 11) is 0. The zero-order valence-electron chi connectivity index (χ0n) is 27.0. The minimum atomic E-state index is -2.49. The number of phenolic OH excluding ortho intramolecular Hbond substituents is 1. The first kappa shape index (κ1) is 34.8. The number of benzene rings is 2. The second-order valence-corrected chi connectivity index (χ2v) is 12.7. The van der Waals surface area contributed by atoms with Crippen molar-refractivity contribution in [3.05, 3.63) is 82.5 Å². The second-order valence-electron chi connectivity index (χ2n) is 12.7. The number of aliphatic hydroxyl groups is 3. The van der Waals surface area contributed by atoms with Crippen molar-refractivity contribution in [1.29, 1.82) is 0 Å². The molecule has 0 saturated carbocycles. The zero-order valence-corrected chi connectivity index (χ0v) is 27.0. The van der Waals surface area contributed by atoms with Crippen LogP contribution in [0.4, 0.5) is 0 Å². The molecule has 264 valence electrons. The number of esters is 1. The third kappa shape index (κ3) is 6.99. The van der Waals surface area contributed by atoms with Crippen LogP contribution < -0.4 is 10.2 Å². The molecule has 0 aliphatic carbocycles. The highest BCUT2D eigenvalue weighted by Crippen LogP contribution is 2.40. The van der Waals surface area contributed by atoms with Gasteiger partial charge in [0.1, 0.15) is 48.6 Å². The van der Waals surface area contributed by atoms with E-state index < -0.39 is 61.3 Å². The van der Waals surface area contributed by atoms with Crippen LogP contribution in [0, 0.1) is 5.92 Å². The number of carboxylic acid groups (broad SMARTS) is 1. The van der Waals surface area contributed by atoms with E-state index in [1.165, 1.54) is 41.7 Å². The van der Waals surface area contributed by atoms with Gasteiger partial charge in [-0.05, 0) is 48.2 Å². The van der Waals surface area contributed by atoms with Crippen LogP contribution in [0.15, 0.2) is 86.5 Å². The lowest BCUT2D eigenvalue weighted by atomic mass is 9.77. The Kier molecular flexibility index (Phi) is 9.78. The van der Waals surface area contributed by atoms with Gasteiger partial charge >= 0.3 is 11.9 Å². The Hall–Kier alpha value is -5.06. The minimum absolute atomic E-state index is 0.00664. The van der Waals surface area contributed by atoms with Crippen LogP contribution in [-0.2, 0) is 23.9 Å². The second kappa shape index (κ2) is 14.0. The van der Waals surface area contributed by atoms with E-state index >= 15 is 0 Å². The molecule has 1 saturated heterocycles.